The predicted molar refractivity (Wildman–Crippen MR) is 98.2 cm³/mol. The Balaban J connectivity index is 2.05. The number of aliphatic hydroxyl groups is 1. The van der Waals surface area contributed by atoms with Crippen LogP contribution in [0.2, 0.25) is 0 Å². The van der Waals surface area contributed by atoms with E-state index < -0.39 is 29.3 Å². The van der Waals surface area contributed by atoms with Crippen molar-refractivity contribution in [2.75, 3.05) is 26.9 Å². The summed E-state index contributed by atoms with van der Waals surface area (Å²) < 4.78 is 10.3. The van der Waals surface area contributed by atoms with E-state index in [9.17, 15) is 14.7 Å². The van der Waals surface area contributed by atoms with Crippen LogP contribution in [0.1, 0.15) is 26.3 Å². The molecule has 7 nitrogen and oxygen atoms in total. The molecule has 0 aliphatic carbocycles. The number of esters is 2. The molecule has 0 amide bonds. The molecule has 2 rings (SSSR count). The van der Waals surface area contributed by atoms with Crippen molar-refractivity contribution in [3.63, 3.8) is 0 Å². The first-order valence-electron chi connectivity index (χ1n) is 9.08. The van der Waals surface area contributed by atoms with Gasteiger partial charge in [-0.15, -0.1) is 0 Å². The van der Waals surface area contributed by atoms with Crippen LogP contribution in [0.15, 0.2) is 30.3 Å². The van der Waals surface area contributed by atoms with Gasteiger partial charge in [-0.25, -0.2) is 0 Å². The average Bonchev–Trinajstić information content (AvgIpc) is 3.01. The van der Waals surface area contributed by atoms with Crippen LogP contribution in [0.5, 0.6) is 0 Å². The van der Waals surface area contributed by atoms with E-state index >= 15 is 0 Å². The maximum Gasteiger partial charge on any atom is 0.325 e. The van der Waals surface area contributed by atoms with E-state index in [0.717, 1.165) is 5.56 Å². The quantitative estimate of drug-likeness (QED) is 0.689. The average molecular weight is 379 g/mol. The molecule has 1 aromatic carbocycles. The molecule has 0 bridgehead atoms. The third kappa shape index (κ3) is 5.51. The number of ether oxygens (including phenoxy) is 2. The SMILES string of the molecule is COC(=O)[C@H]1[C@H](C)[C@@H](C(=O)OCC(C)(C)CO)CN1OCc1ccccc1. The van der Waals surface area contributed by atoms with Gasteiger partial charge in [0.2, 0.25) is 0 Å². The van der Waals surface area contributed by atoms with Gasteiger partial charge in [0, 0.05) is 12.0 Å². The summed E-state index contributed by atoms with van der Waals surface area (Å²) in [6.07, 6.45) is 0. The van der Waals surface area contributed by atoms with Gasteiger partial charge < -0.3 is 14.6 Å². The highest BCUT2D eigenvalue weighted by Crippen LogP contribution is 2.32. The summed E-state index contributed by atoms with van der Waals surface area (Å²) in [5.74, 6) is -1.68. The normalized spacial score (nSPS) is 23.2. The molecular weight excluding hydrogens is 350 g/mol. The highest BCUT2D eigenvalue weighted by molar-refractivity contribution is 5.80. The molecule has 1 aromatic rings. The minimum atomic E-state index is -0.679. The topological polar surface area (TPSA) is 85.3 Å². The van der Waals surface area contributed by atoms with Crippen LogP contribution < -0.4 is 0 Å². The number of hydrogen-bond acceptors (Lipinski definition) is 7. The van der Waals surface area contributed by atoms with Crippen molar-refractivity contribution in [1.82, 2.24) is 5.06 Å². The smallest absolute Gasteiger partial charge is 0.325 e. The monoisotopic (exact) mass is 379 g/mol. The lowest BCUT2D eigenvalue weighted by molar-refractivity contribution is -0.198. The molecule has 1 aliphatic rings. The number of aliphatic hydroxyl groups excluding tert-OH is 1. The molecule has 27 heavy (non-hydrogen) atoms. The number of nitrogens with zero attached hydrogens (tertiary/aromatic N) is 1. The van der Waals surface area contributed by atoms with Gasteiger partial charge in [-0.3, -0.25) is 14.4 Å². The molecule has 3 atom stereocenters. The zero-order chi connectivity index (χ0) is 20.0. The molecular formula is C20H29NO6. The molecule has 1 fully saturated rings. The molecule has 1 heterocycles. The Morgan fingerprint density at radius 1 is 1.22 bits per heavy atom. The van der Waals surface area contributed by atoms with E-state index in [1.165, 1.54) is 12.2 Å². The summed E-state index contributed by atoms with van der Waals surface area (Å²) >= 11 is 0. The third-order valence-electron chi connectivity index (χ3n) is 4.84. The second-order valence-electron chi connectivity index (χ2n) is 7.72. The molecule has 0 radical (unpaired) electrons. The van der Waals surface area contributed by atoms with Gasteiger partial charge in [-0.2, -0.15) is 5.06 Å². The van der Waals surface area contributed by atoms with Crippen LogP contribution in [0.25, 0.3) is 0 Å². The van der Waals surface area contributed by atoms with Gasteiger partial charge >= 0.3 is 11.9 Å². The van der Waals surface area contributed by atoms with E-state index in [0.29, 0.717) is 6.61 Å². The lowest BCUT2D eigenvalue weighted by atomic mass is 9.92. The number of benzene rings is 1. The lowest BCUT2D eigenvalue weighted by Gasteiger charge is -2.24. The fourth-order valence-corrected chi connectivity index (χ4v) is 2.98. The van der Waals surface area contributed by atoms with Gasteiger partial charge in [-0.05, 0) is 11.5 Å². The molecule has 1 N–H and O–H groups in total. The van der Waals surface area contributed by atoms with Crippen LogP contribution in [-0.4, -0.2) is 55.0 Å². The zero-order valence-corrected chi connectivity index (χ0v) is 16.4. The van der Waals surface area contributed by atoms with Crippen molar-refractivity contribution >= 4 is 11.9 Å². The van der Waals surface area contributed by atoms with Crippen LogP contribution in [0.3, 0.4) is 0 Å². The molecule has 0 aromatic heterocycles. The summed E-state index contributed by atoms with van der Waals surface area (Å²) in [6, 6.07) is 8.91. The summed E-state index contributed by atoms with van der Waals surface area (Å²) in [5.41, 5.74) is 0.451. The van der Waals surface area contributed by atoms with E-state index in [2.05, 4.69) is 0 Å². The van der Waals surface area contributed by atoms with Crippen molar-refractivity contribution < 1.29 is 29.0 Å². The fourth-order valence-electron chi connectivity index (χ4n) is 2.98. The van der Waals surface area contributed by atoms with Gasteiger partial charge in [0.15, 0.2) is 0 Å². The van der Waals surface area contributed by atoms with E-state index in [-0.39, 0.29) is 25.7 Å². The van der Waals surface area contributed by atoms with E-state index in [4.69, 9.17) is 14.3 Å². The van der Waals surface area contributed by atoms with Gasteiger partial charge in [0.05, 0.1) is 32.8 Å². The standard InChI is InChI=1S/C20H29NO6/c1-14-16(18(23)26-13-20(2,3)12-22)10-21(17(14)19(24)25-4)27-11-15-8-6-5-7-9-15/h5-9,14,16-17,22H,10-13H2,1-4H3/t14-,16+,17-/m1/s1. The Morgan fingerprint density at radius 2 is 1.89 bits per heavy atom. The number of hydroxylamine groups is 2. The van der Waals surface area contributed by atoms with Crippen molar-refractivity contribution in [2.24, 2.45) is 17.3 Å². The second-order valence-corrected chi connectivity index (χ2v) is 7.72. The van der Waals surface area contributed by atoms with Crippen LogP contribution in [0.4, 0.5) is 0 Å². The van der Waals surface area contributed by atoms with Crippen molar-refractivity contribution in [1.29, 1.82) is 0 Å². The summed E-state index contributed by atoms with van der Waals surface area (Å²) in [7, 11) is 1.32. The van der Waals surface area contributed by atoms with Gasteiger partial charge in [0.1, 0.15) is 6.04 Å². The highest BCUT2D eigenvalue weighted by atomic mass is 16.7. The first-order chi connectivity index (χ1) is 12.8. The van der Waals surface area contributed by atoms with Crippen LogP contribution in [0, 0.1) is 17.3 Å². The molecule has 1 saturated heterocycles. The number of hydrogen-bond donors (Lipinski definition) is 1. The third-order valence-corrected chi connectivity index (χ3v) is 4.84. The highest BCUT2D eigenvalue weighted by Gasteiger charge is 2.48. The minimum absolute atomic E-state index is 0.0857. The van der Waals surface area contributed by atoms with Crippen molar-refractivity contribution in [3.05, 3.63) is 35.9 Å². The van der Waals surface area contributed by atoms with E-state index in [1.54, 1.807) is 0 Å². The lowest BCUT2D eigenvalue weighted by Crippen LogP contribution is -2.39. The van der Waals surface area contributed by atoms with Crippen LogP contribution in [-0.2, 0) is 30.5 Å². The van der Waals surface area contributed by atoms with Gasteiger partial charge in [0.25, 0.3) is 0 Å². The maximum absolute atomic E-state index is 12.6. The van der Waals surface area contributed by atoms with E-state index in [1.807, 2.05) is 51.1 Å². The maximum atomic E-state index is 12.6. The first kappa shape index (κ1) is 21.3. The van der Waals surface area contributed by atoms with Gasteiger partial charge in [-0.1, -0.05) is 51.1 Å². The fraction of sp³-hybridized carbons (Fsp3) is 0.600. The number of carbonyl (C=O) groups is 2. The Bertz CT molecular complexity index is 633. The zero-order valence-electron chi connectivity index (χ0n) is 16.4. The Hall–Kier alpha value is -1.96. The molecule has 150 valence electrons. The number of methoxy groups -OCH3 is 1. The Labute approximate surface area is 160 Å². The molecule has 1 aliphatic heterocycles. The Kier molecular flexibility index (Phi) is 7.35. The largest absolute Gasteiger partial charge is 0.468 e. The number of carbonyl (C=O) groups excluding carboxylic acids is 2. The first-order valence-corrected chi connectivity index (χ1v) is 9.08. The number of rotatable bonds is 8. The summed E-state index contributed by atoms with van der Waals surface area (Å²) in [5, 5.41) is 10.8. The minimum Gasteiger partial charge on any atom is -0.468 e. The molecule has 7 heteroatoms. The van der Waals surface area contributed by atoms with Crippen molar-refractivity contribution in [2.45, 2.75) is 33.4 Å². The predicted octanol–water partition coefficient (Wildman–Crippen LogP) is 1.79. The van der Waals surface area contributed by atoms with Crippen LogP contribution >= 0.6 is 0 Å². The van der Waals surface area contributed by atoms with Crippen molar-refractivity contribution in [3.8, 4) is 0 Å². The summed E-state index contributed by atoms with van der Waals surface area (Å²) in [6.45, 7) is 6.00. The molecule has 0 spiro atoms. The molecule has 0 saturated carbocycles. The molecule has 0 unspecified atom stereocenters. The second kappa shape index (κ2) is 9.30. The summed E-state index contributed by atoms with van der Waals surface area (Å²) in [4.78, 5) is 30.6. The Morgan fingerprint density at radius 3 is 2.48 bits per heavy atom.